The Kier molecular flexibility index (Phi) is 3.34. The van der Waals surface area contributed by atoms with Crippen molar-refractivity contribution in [3.05, 3.63) is 34.6 Å². The topological polar surface area (TPSA) is 40.5 Å². The minimum absolute atomic E-state index is 0.0882. The monoisotopic (exact) mass is 271 g/mol. The third-order valence-corrected chi connectivity index (χ3v) is 3.77. The second kappa shape index (κ2) is 4.52. The maximum absolute atomic E-state index is 12.9. The molecule has 0 atom stereocenters. The number of hydrogen-bond donors (Lipinski definition) is 1. The van der Waals surface area contributed by atoms with Crippen molar-refractivity contribution in [1.29, 1.82) is 0 Å². The summed E-state index contributed by atoms with van der Waals surface area (Å²) in [5.41, 5.74) is -0.550. The lowest BCUT2D eigenvalue weighted by molar-refractivity contribution is -0.110. The molecular formula is C13H15ClFNO2. The first-order chi connectivity index (χ1) is 8.33. The molecule has 3 nitrogen and oxygen atoms in total. The Morgan fingerprint density at radius 1 is 1.50 bits per heavy atom. The van der Waals surface area contributed by atoms with E-state index in [4.69, 9.17) is 11.6 Å². The highest BCUT2D eigenvalue weighted by Gasteiger charge is 2.46. The molecule has 5 heteroatoms. The van der Waals surface area contributed by atoms with Crippen molar-refractivity contribution < 1.29 is 14.3 Å². The minimum atomic E-state index is -0.817. The molecular weight excluding hydrogens is 257 g/mol. The quantitative estimate of drug-likeness (QED) is 0.897. The number of halogens is 2. The van der Waals surface area contributed by atoms with E-state index in [2.05, 4.69) is 0 Å². The van der Waals surface area contributed by atoms with Gasteiger partial charge in [-0.25, -0.2) is 4.39 Å². The molecule has 1 N–H and O–H groups in total. The van der Waals surface area contributed by atoms with Crippen LogP contribution in [0.15, 0.2) is 18.2 Å². The van der Waals surface area contributed by atoms with Crippen molar-refractivity contribution in [3.8, 4) is 0 Å². The Morgan fingerprint density at radius 3 is 2.61 bits per heavy atom. The van der Waals surface area contributed by atoms with Crippen LogP contribution in [0.1, 0.15) is 24.2 Å². The van der Waals surface area contributed by atoms with Gasteiger partial charge in [-0.3, -0.25) is 4.79 Å². The number of likely N-dealkylation sites (tertiary alicyclic amines) is 1. The summed E-state index contributed by atoms with van der Waals surface area (Å²) >= 11 is 5.83. The van der Waals surface area contributed by atoms with Gasteiger partial charge < -0.3 is 10.0 Å². The van der Waals surface area contributed by atoms with Crippen molar-refractivity contribution in [2.24, 2.45) is 5.92 Å². The first kappa shape index (κ1) is 13.3. The van der Waals surface area contributed by atoms with Crippen molar-refractivity contribution in [2.45, 2.75) is 19.4 Å². The number of amides is 1. The predicted octanol–water partition coefficient (Wildman–Crippen LogP) is 2.32. The number of carbonyl (C=O) groups is 1. The molecule has 1 heterocycles. The predicted molar refractivity (Wildman–Crippen MR) is 67.1 cm³/mol. The Balaban J connectivity index is 2.11. The van der Waals surface area contributed by atoms with Crippen molar-refractivity contribution in [3.63, 3.8) is 0 Å². The molecule has 98 valence electrons. The zero-order chi connectivity index (χ0) is 13.5. The molecule has 1 saturated heterocycles. The van der Waals surface area contributed by atoms with E-state index >= 15 is 0 Å². The van der Waals surface area contributed by atoms with E-state index in [1.165, 1.54) is 17.0 Å². The van der Waals surface area contributed by atoms with Gasteiger partial charge in [0.15, 0.2) is 0 Å². The van der Waals surface area contributed by atoms with E-state index in [1.54, 1.807) is 0 Å². The molecule has 2 rings (SSSR count). The first-order valence-electron chi connectivity index (χ1n) is 5.80. The van der Waals surface area contributed by atoms with E-state index in [1.807, 2.05) is 13.8 Å². The summed E-state index contributed by atoms with van der Waals surface area (Å²) in [6, 6.07) is 3.68. The summed E-state index contributed by atoms with van der Waals surface area (Å²) in [5.74, 6) is -0.658. The Bertz CT molecular complexity index is 484. The Hall–Kier alpha value is -1.13. The lowest BCUT2D eigenvalue weighted by atomic mass is 9.82. The van der Waals surface area contributed by atoms with Gasteiger partial charge in [0.05, 0.1) is 23.7 Å². The summed E-state index contributed by atoms with van der Waals surface area (Å²) in [6.45, 7) is 4.40. The van der Waals surface area contributed by atoms with Gasteiger partial charge in [0.25, 0.3) is 5.91 Å². The number of β-amino-alcohol motifs (C(OH)–C–C–N with tert-alkyl or cyclic N) is 1. The smallest absolute Gasteiger partial charge is 0.255 e. The first-order valence-corrected chi connectivity index (χ1v) is 6.18. The van der Waals surface area contributed by atoms with Gasteiger partial charge in [0.1, 0.15) is 11.4 Å². The number of rotatable bonds is 2. The summed E-state index contributed by atoms with van der Waals surface area (Å²) < 4.78 is 12.9. The van der Waals surface area contributed by atoms with Crippen LogP contribution in [-0.2, 0) is 0 Å². The fourth-order valence-electron chi connectivity index (χ4n) is 1.96. The van der Waals surface area contributed by atoms with Crippen LogP contribution in [-0.4, -0.2) is 34.6 Å². The largest absolute Gasteiger partial charge is 0.386 e. The normalized spacial score (nSPS) is 17.8. The minimum Gasteiger partial charge on any atom is -0.386 e. The molecule has 0 spiro atoms. The van der Waals surface area contributed by atoms with E-state index < -0.39 is 11.4 Å². The van der Waals surface area contributed by atoms with Crippen molar-refractivity contribution in [1.82, 2.24) is 4.90 Å². The molecule has 1 aliphatic heterocycles. The average Bonchev–Trinajstić information content (AvgIpc) is 2.23. The van der Waals surface area contributed by atoms with Crippen molar-refractivity contribution in [2.75, 3.05) is 13.1 Å². The maximum atomic E-state index is 12.9. The van der Waals surface area contributed by atoms with Crippen LogP contribution in [0.3, 0.4) is 0 Å². The third kappa shape index (κ3) is 2.22. The fourth-order valence-corrected chi connectivity index (χ4v) is 2.20. The van der Waals surface area contributed by atoms with E-state index in [0.717, 1.165) is 6.07 Å². The number of benzene rings is 1. The number of carbonyl (C=O) groups excluding carboxylic acids is 1. The second-order valence-corrected chi connectivity index (χ2v) is 5.45. The molecule has 0 saturated carbocycles. The van der Waals surface area contributed by atoms with Crippen LogP contribution in [0.2, 0.25) is 5.02 Å². The summed E-state index contributed by atoms with van der Waals surface area (Å²) in [6.07, 6.45) is 0. The average molecular weight is 272 g/mol. The highest BCUT2D eigenvalue weighted by molar-refractivity contribution is 6.33. The van der Waals surface area contributed by atoms with Crippen LogP contribution in [0.5, 0.6) is 0 Å². The van der Waals surface area contributed by atoms with Crippen LogP contribution in [0, 0.1) is 11.7 Å². The lowest BCUT2D eigenvalue weighted by Crippen LogP contribution is -2.65. The highest BCUT2D eigenvalue weighted by atomic mass is 35.5. The molecule has 0 aromatic heterocycles. The summed E-state index contributed by atoms with van der Waals surface area (Å²) in [4.78, 5) is 13.6. The van der Waals surface area contributed by atoms with Gasteiger partial charge in [-0.2, -0.15) is 0 Å². The molecule has 1 amide bonds. The van der Waals surface area contributed by atoms with Gasteiger partial charge in [-0.15, -0.1) is 0 Å². The molecule has 1 aliphatic rings. The Labute approximate surface area is 110 Å². The SMILES string of the molecule is CC(C)C1(O)CN(C(=O)c2ccc(F)cc2Cl)C1. The van der Waals surface area contributed by atoms with Crippen LogP contribution < -0.4 is 0 Å². The van der Waals surface area contributed by atoms with Crippen molar-refractivity contribution >= 4 is 17.5 Å². The molecule has 18 heavy (non-hydrogen) atoms. The molecule has 1 aromatic carbocycles. The zero-order valence-electron chi connectivity index (χ0n) is 10.3. The zero-order valence-corrected chi connectivity index (χ0v) is 11.0. The van der Waals surface area contributed by atoms with Crippen LogP contribution in [0.4, 0.5) is 4.39 Å². The summed E-state index contributed by atoms with van der Waals surface area (Å²) in [7, 11) is 0. The highest BCUT2D eigenvalue weighted by Crippen LogP contribution is 2.31. The molecule has 0 bridgehead atoms. The number of aliphatic hydroxyl groups is 1. The molecule has 1 fully saturated rings. The van der Waals surface area contributed by atoms with Crippen LogP contribution in [0.25, 0.3) is 0 Å². The molecule has 0 unspecified atom stereocenters. The summed E-state index contributed by atoms with van der Waals surface area (Å²) in [5, 5.41) is 10.2. The molecule has 0 radical (unpaired) electrons. The lowest BCUT2D eigenvalue weighted by Gasteiger charge is -2.49. The second-order valence-electron chi connectivity index (χ2n) is 5.04. The van der Waals surface area contributed by atoms with Gasteiger partial charge >= 0.3 is 0 Å². The van der Waals surface area contributed by atoms with Gasteiger partial charge in [-0.1, -0.05) is 25.4 Å². The van der Waals surface area contributed by atoms with E-state index in [0.29, 0.717) is 0 Å². The standard InChI is InChI=1S/C13H15ClFNO2/c1-8(2)13(18)6-16(7-13)12(17)10-4-3-9(15)5-11(10)14/h3-5,8,18H,6-7H2,1-2H3. The maximum Gasteiger partial charge on any atom is 0.255 e. The van der Waals surface area contributed by atoms with Gasteiger partial charge in [0, 0.05) is 0 Å². The van der Waals surface area contributed by atoms with E-state index in [9.17, 15) is 14.3 Å². The van der Waals surface area contributed by atoms with Crippen LogP contribution >= 0.6 is 11.6 Å². The number of hydrogen-bond acceptors (Lipinski definition) is 2. The van der Waals surface area contributed by atoms with E-state index in [-0.39, 0.29) is 35.5 Å². The number of nitrogens with zero attached hydrogens (tertiary/aromatic N) is 1. The fraction of sp³-hybridized carbons (Fsp3) is 0.462. The molecule has 0 aliphatic carbocycles. The van der Waals surface area contributed by atoms with Gasteiger partial charge in [0.2, 0.25) is 0 Å². The Morgan fingerprint density at radius 2 is 2.11 bits per heavy atom. The third-order valence-electron chi connectivity index (χ3n) is 3.45. The van der Waals surface area contributed by atoms with Gasteiger partial charge in [-0.05, 0) is 24.1 Å². The molecule has 1 aromatic rings.